The maximum Gasteiger partial charge on any atom is 0.0589 e. The minimum atomic E-state index is 0.500. The predicted octanol–water partition coefficient (Wildman–Crippen LogP) is 2.89. The normalized spacial score (nSPS) is 13.8. The zero-order valence-corrected chi connectivity index (χ0v) is 13.1. The molecule has 0 aromatic rings. The third kappa shape index (κ3) is 5.25. The van der Waals surface area contributed by atoms with Gasteiger partial charge in [-0.05, 0) is 18.8 Å². The average Bonchev–Trinajstić information content (AvgIpc) is 2.41. The van der Waals surface area contributed by atoms with E-state index in [1.165, 1.54) is 25.7 Å². The summed E-state index contributed by atoms with van der Waals surface area (Å²) in [7, 11) is 1.78. The first-order valence-corrected chi connectivity index (χ1v) is 7.64. The topological polar surface area (TPSA) is 38.5 Å². The molecule has 0 aromatic heterocycles. The van der Waals surface area contributed by atoms with Crippen LogP contribution in [0.1, 0.15) is 53.4 Å². The number of hydrogen-bond donors (Lipinski definition) is 1. The van der Waals surface area contributed by atoms with Gasteiger partial charge in [0.05, 0.1) is 6.61 Å². The standard InChI is InChI=1S/C15H34N2O/c1-6-13(7-2)15(12-16)17(10-11-18-5)14(8-3)9-4/h13-15H,6-12,16H2,1-5H3. The van der Waals surface area contributed by atoms with Crippen molar-refractivity contribution in [3.8, 4) is 0 Å². The van der Waals surface area contributed by atoms with Crippen LogP contribution in [0.5, 0.6) is 0 Å². The predicted molar refractivity (Wildman–Crippen MR) is 79.9 cm³/mol. The summed E-state index contributed by atoms with van der Waals surface area (Å²) in [6.45, 7) is 11.7. The largest absolute Gasteiger partial charge is 0.383 e. The molecule has 0 saturated carbocycles. The first kappa shape index (κ1) is 17.9. The smallest absolute Gasteiger partial charge is 0.0589 e. The van der Waals surface area contributed by atoms with Crippen LogP contribution in [0, 0.1) is 5.92 Å². The first-order chi connectivity index (χ1) is 8.69. The SMILES string of the molecule is CCC(CC)C(CN)N(CCOC)C(CC)CC. The van der Waals surface area contributed by atoms with Crippen molar-refractivity contribution in [2.45, 2.75) is 65.5 Å². The highest BCUT2D eigenvalue weighted by atomic mass is 16.5. The number of hydrogen-bond acceptors (Lipinski definition) is 3. The molecule has 1 unspecified atom stereocenters. The van der Waals surface area contributed by atoms with Crippen LogP contribution in [0.4, 0.5) is 0 Å². The van der Waals surface area contributed by atoms with Crippen LogP contribution in [-0.2, 0) is 4.74 Å². The van der Waals surface area contributed by atoms with Crippen LogP contribution in [-0.4, -0.2) is 43.8 Å². The molecule has 0 rings (SSSR count). The Morgan fingerprint density at radius 3 is 1.89 bits per heavy atom. The fourth-order valence-corrected chi connectivity index (χ4v) is 3.01. The molecule has 1 atom stereocenters. The molecule has 0 amide bonds. The van der Waals surface area contributed by atoms with E-state index in [-0.39, 0.29) is 0 Å². The second kappa shape index (κ2) is 10.8. The molecule has 0 aliphatic rings. The van der Waals surface area contributed by atoms with Crippen LogP contribution >= 0.6 is 0 Å². The van der Waals surface area contributed by atoms with Crippen molar-refractivity contribution in [1.82, 2.24) is 4.90 Å². The first-order valence-electron chi connectivity index (χ1n) is 7.64. The van der Waals surface area contributed by atoms with Crippen molar-refractivity contribution in [3.63, 3.8) is 0 Å². The van der Waals surface area contributed by atoms with Gasteiger partial charge >= 0.3 is 0 Å². The molecule has 2 N–H and O–H groups in total. The molecule has 18 heavy (non-hydrogen) atoms. The van der Waals surface area contributed by atoms with Crippen LogP contribution < -0.4 is 5.73 Å². The summed E-state index contributed by atoms with van der Waals surface area (Å²) in [5, 5.41) is 0. The van der Waals surface area contributed by atoms with E-state index in [0.29, 0.717) is 18.0 Å². The van der Waals surface area contributed by atoms with E-state index in [4.69, 9.17) is 10.5 Å². The van der Waals surface area contributed by atoms with Gasteiger partial charge in [-0.25, -0.2) is 0 Å². The summed E-state index contributed by atoms with van der Waals surface area (Å²) in [5.74, 6) is 0.701. The molecule has 0 saturated heterocycles. The Bertz CT molecular complexity index is 179. The lowest BCUT2D eigenvalue weighted by atomic mass is 9.91. The van der Waals surface area contributed by atoms with Gasteiger partial charge in [-0.2, -0.15) is 0 Å². The fourth-order valence-electron chi connectivity index (χ4n) is 3.01. The van der Waals surface area contributed by atoms with Crippen LogP contribution in [0.2, 0.25) is 0 Å². The van der Waals surface area contributed by atoms with Gasteiger partial charge in [-0.15, -0.1) is 0 Å². The van der Waals surface area contributed by atoms with Gasteiger partial charge in [0.25, 0.3) is 0 Å². The van der Waals surface area contributed by atoms with Crippen molar-refractivity contribution in [3.05, 3.63) is 0 Å². The van der Waals surface area contributed by atoms with E-state index in [1.807, 2.05) is 0 Å². The molecule has 3 nitrogen and oxygen atoms in total. The summed E-state index contributed by atoms with van der Waals surface area (Å²) in [6.07, 6.45) is 4.80. The maximum atomic E-state index is 6.06. The van der Waals surface area contributed by atoms with Gasteiger partial charge in [0.15, 0.2) is 0 Å². The zero-order valence-electron chi connectivity index (χ0n) is 13.1. The Labute approximate surface area is 114 Å². The Morgan fingerprint density at radius 2 is 1.56 bits per heavy atom. The molecule has 0 aliphatic carbocycles. The zero-order chi connectivity index (χ0) is 14.0. The highest BCUT2D eigenvalue weighted by Gasteiger charge is 2.27. The average molecular weight is 258 g/mol. The number of nitrogens with zero attached hydrogens (tertiary/aromatic N) is 1. The highest BCUT2D eigenvalue weighted by molar-refractivity contribution is 4.83. The van der Waals surface area contributed by atoms with Gasteiger partial charge in [-0.3, -0.25) is 4.90 Å². The van der Waals surface area contributed by atoms with Crippen molar-refractivity contribution < 1.29 is 4.74 Å². The Morgan fingerprint density at radius 1 is 1.00 bits per heavy atom. The van der Waals surface area contributed by atoms with Crippen LogP contribution in [0.3, 0.4) is 0 Å². The number of rotatable bonds is 11. The van der Waals surface area contributed by atoms with Crippen LogP contribution in [0.15, 0.2) is 0 Å². The van der Waals surface area contributed by atoms with Crippen molar-refractivity contribution >= 4 is 0 Å². The highest BCUT2D eigenvalue weighted by Crippen LogP contribution is 2.22. The molecule has 3 heteroatoms. The lowest BCUT2D eigenvalue weighted by molar-refractivity contribution is 0.0544. The number of methoxy groups -OCH3 is 1. The molecule has 0 aliphatic heterocycles. The van der Waals surface area contributed by atoms with Gasteiger partial charge in [0, 0.05) is 32.3 Å². The van der Waals surface area contributed by atoms with E-state index in [1.54, 1.807) is 7.11 Å². The van der Waals surface area contributed by atoms with Crippen molar-refractivity contribution in [2.24, 2.45) is 11.7 Å². The second-order valence-electron chi connectivity index (χ2n) is 5.08. The monoisotopic (exact) mass is 258 g/mol. The van der Waals surface area contributed by atoms with E-state index in [2.05, 4.69) is 32.6 Å². The summed E-state index contributed by atoms with van der Waals surface area (Å²) >= 11 is 0. The maximum absolute atomic E-state index is 6.06. The Balaban J connectivity index is 4.85. The van der Waals surface area contributed by atoms with Gasteiger partial charge in [0.1, 0.15) is 0 Å². The third-order valence-electron chi connectivity index (χ3n) is 4.23. The van der Waals surface area contributed by atoms with E-state index in [0.717, 1.165) is 19.7 Å². The summed E-state index contributed by atoms with van der Waals surface area (Å²) in [4.78, 5) is 2.60. The van der Waals surface area contributed by atoms with Gasteiger partial charge in [0.2, 0.25) is 0 Å². The molecular formula is C15H34N2O. The molecule has 0 bridgehead atoms. The van der Waals surface area contributed by atoms with Crippen LogP contribution in [0.25, 0.3) is 0 Å². The van der Waals surface area contributed by atoms with Crippen molar-refractivity contribution in [2.75, 3.05) is 26.8 Å². The number of ether oxygens (including phenoxy) is 1. The molecule has 0 aromatic carbocycles. The molecular weight excluding hydrogens is 224 g/mol. The molecule has 110 valence electrons. The summed E-state index contributed by atoms with van der Waals surface area (Å²) < 4.78 is 5.27. The minimum Gasteiger partial charge on any atom is -0.383 e. The third-order valence-corrected chi connectivity index (χ3v) is 4.23. The second-order valence-corrected chi connectivity index (χ2v) is 5.08. The molecule has 0 spiro atoms. The van der Waals surface area contributed by atoms with E-state index < -0.39 is 0 Å². The minimum absolute atomic E-state index is 0.500. The lowest BCUT2D eigenvalue weighted by Crippen LogP contribution is -2.51. The summed E-state index contributed by atoms with van der Waals surface area (Å²) in [6, 6.07) is 1.13. The molecule has 0 fully saturated rings. The lowest BCUT2D eigenvalue weighted by Gasteiger charge is -2.40. The van der Waals surface area contributed by atoms with E-state index in [9.17, 15) is 0 Å². The Hall–Kier alpha value is -0.120. The summed E-state index contributed by atoms with van der Waals surface area (Å²) in [5.41, 5.74) is 6.06. The fraction of sp³-hybridized carbons (Fsp3) is 1.00. The molecule has 0 heterocycles. The Kier molecular flexibility index (Phi) is 10.7. The van der Waals surface area contributed by atoms with Gasteiger partial charge in [-0.1, -0.05) is 40.5 Å². The van der Waals surface area contributed by atoms with Crippen molar-refractivity contribution in [1.29, 1.82) is 0 Å². The number of nitrogens with two attached hydrogens (primary N) is 1. The van der Waals surface area contributed by atoms with Gasteiger partial charge < -0.3 is 10.5 Å². The molecule has 0 radical (unpaired) electrons. The van der Waals surface area contributed by atoms with E-state index >= 15 is 0 Å². The quantitative estimate of drug-likeness (QED) is 0.619.